The molecule has 0 aliphatic rings. The Hall–Kier alpha value is -2.30. The zero-order valence-electron chi connectivity index (χ0n) is 11.7. The highest BCUT2D eigenvalue weighted by molar-refractivity contribution is 7.89. The van der Waals surface area contributed by atoms with Crippen LogP contribution in [0, 0.1) is 17.1 Å². The normalized spacial score (nSPS) is 11.3. The maximum absolute atomic E-state index is 13.0. The van der Waals surface area contributed by atoms with Gasteiger partial charge in [0.2, 0.25) is 10.0 Å². The van der Waals surface area contributed by atoms with Crippen molar-refractivity contribution in [3.63, 3.8) is 0 Å². The van der Waals surface area contributed by atoms with Crippen LogP contribution in [-0.4, -0.2) is 24.3 Å². The molecule has 1 aromatic heterocycles. The SMILES string of the molecule is N#CCCN(Cc1ccccn1)S(=O)(=O)c1ccc(F)cc1. The highest BCUT2D eigenvalue weighted by atomic mass is 32.2. The Bertz CT molecular complexity index is 756. The molecule has 2 aromatic rings. The maximum atomic E-state index is 13.0. The van der Waals surface area contributed by atoms with E-state index in [-0.39, 0.29) is 24.4 Å². The zero-order valence-corrected chi connectivity index (χ0v) is 12.5. The second-order valence-corrected chi connectivity index (χ2v) is 6.46. The summed E-state index contributed by atoms with van der Waals surface area (Å²) in [6, 6.07) is 11.7. The Morgan fingerprint density at radius 1 is 1.18 bits per heavy atom. The number of rotatable bonds is 6. The highest BCUT2D eigenvalue weighted by Crippen LogP contribution is 2.18. The fourth-order valence-corrected chi connectivity index (χ4v) is 3.30. The van der Waals surface area contributed by atoms with Gasteiger partial charge >= 0.3 is 0 Å². The minimum absolute atomic E-state index is 0.0113. The average Bonchev–Trinajstić information content (AvgIpc) is 2.52. The molecule has 5 nitrogen and oxygen atoms in total. The zero-order chi connectivity index (χ0) is 16.0. The second-order valence-electron chi connectivity index (χ2n) is 4.52. The molecule has 2 rings (SSSR count). The Morgan fingerprint density at radius 3 is 2.50 bits per heavy atom. The molecule has 0 bridgehead atoms. The first-order valence-electron chi connectivity index (χ1n) is 6.56. The molecule has 0 unspecified atom stereocenters. The van der Waals surface area contributed by atoms with Crippen molar-refractivity contribution < 1.29 is 12.8 Å². The van der Waals surface area contributed by atoms with Crippen molar-refractivity contribution in [2.24, 2.45) is 0 Å². The molecule has 0 radical (unpaired) electrons. The van der Waals surface area contributed by atoms with Crippen LogP contribution >= 0.6 is 0 Å². The summed E-state index contributed by atoms with van der Waals surface area (Å²) in [4.78, 5) is 4.09. The van der Waals surface area contributed by atoms with Crippen molar-refractivity contribution in [3.8, 4) is 6.07 Å². The maximum Gasteiger partial charge on any atom is 0.243 e. The van der Waals surface area contributed by atoms with Gasteiger partial charge in [0, 0.05) is 19.2 Å². The lowest BCUT2D eigenvalue weighted by Gasteiger charge is -2.20. The first kappa shape index (κ1) is 16.1. The van der Waals surface area contributed by atoms with E-state index in [9.17, 15) is 12.8 Å². The number of aromatic nitrogens is 1. The van der Waals surface area contributed by atoms with Gasteiger partial charge in [0.1, 0.15) is 5.82 Å². The average molecular weight is 319 g/mol. The van der Waals surface area contributed by atoms with Crippen molar-refractivity contribution >= 4 is 10.0 Å². The van der Waals surface area contributed by atoms with Gasteiger partial charge in [-0.1, -0.05) is 6.07 Å². The van der Waals surface area contributed by atoms with Gasteiger partial charge in [-0.15, -0.1) is 0 Å². The first-order chi connectivity index (χ1) is 10.5. The van der Waals surface area contributed by atoms with Gasteiger partial charge < -0.3 is 0 Å². The second kappa shape index (κ2) is 7.11. The van der Waals surface area contributed by atoms with Crippen LogP contribution in [0.25, 0.3) is 0 Å². The third-order valence-electron chi connectivity index (χ3n) is 2.99. The van der Waals surface area contributed by atoms with Gasteiger partial charge in [-0.25, -0.2) is 12.8 Å². The summed E-state index contributed by atoms with van der Waals surface area (Å²) in [7, 11) is -3.81. The number of nitriles is 1. The number of benzene rings is 1. The third kappa shape index (κ3) is 3.87. The van der Waals surface area contributed by atoms with Crippen LogP contribution in [0.3, 0.4) is 0 Å². The lowest BCUT2D eigenvalue weighted by Crippen LogP contribution is -2.31. The molecule has 114 valence electrons. The lowest BCUT2D eigenvalue weighted by molar-refractivity contribution is 0.409. The molecule has 7 heteroatoms. The molecular weight excluding hydrogens is 305 g/mol. The monoisotopic (exact) mass is 319 g/mol. The van der Waals surface area contributed by atoms with Gasteiger partial charge in [0.15, 0.2) is 0 Å². The van der Waals surface area contributed by atoms with Crippen molar-refractivity contribution in [1.29, 1.82) is 5.26 Å². The van der Waals surface area contributed by atoms with Crippen molar-refractivity contribution in [3.05, 3.63) is 60.2 Å². The number of hydrogen-bond acceptors (Lipinski definition) is 4. The number of sulfonamides is 1. The summed E-state index contributed by atoms with van der Waals surface area (Å²) >= 11 is 0. The van der Waals surface area contributed by atoms with Crippen LogP contribution in [0.4, 0.5) is 4.39 Å². The molecule has 0 N–H and O–H groups in total. The summed E-state index contributed by atoms with van der Waals surface area (Å²) in [6.45, 7) is 0.106. The highest BCUT2D eigenvalue weighted by Gasteiger charge is 2.24. The molecule has 0 amide bonds. The van der Waals surface area contributed by atoms with E-state index in [4.69, 9.17) is 5.26 Å². The van der Waals surface area contributed by atoms with E-state index >= 15 is 0 Å². The smallest absolute Gasteiger partial charge is 0.243 e. The molecule has 0 saturated heterocycles. The molecule has 0 aliphatic heterocycles. The molecule has 1 heterocycles. The van der Waals surface area contributed by atoms with E-state index in [1.54, 1.807) is 24.4 Å². The summed E-state index contributed by atoms with van der Waals surface area (Å²) in [6.07, 6.45) is 1.63. The minimum atomic E-state index is -3.81. The van der Waals surface area contributed by atoms with E-state index in [1.165, 1.54) is 16.4 Å². The van der Waals surface area contributed by atoms with E-state index in [1.807, 2.05) is 6.07 Å². The van der Waals surface area contributed by atoms with E-state index in [2.05, 4.69) is 4.98 Å². The molecular formula is C15H14FN3O2S. The van der Waals surface area contributed by atoms with Crippen LogP contribution < -0.4 is 0 Å². The minimum Gasteiger partial charge on any atom is -0.260 e. The Kier molecular flexibility index (Phi) is 5.20. The summed E-state index contributed by atoms with van der Waals surface area (Å²) < 4.78 is 39.4. The van der Waals surface area contributed by atoms with Crippen LogP contribution in [-0.2, 0) is 16.6 Å². The van der Waals surface area contributed by atoms with Crippen LogP contribution in [0.5, 0.6) is 0 Å². The fraction of sp³-hybridized carbons (Fsp3) is 0.200. The molecule has 22 heavy (non-hydrogen) atoms. The van der Waals surface area contributed by atoms with Gasteiger partial charge in [0.25, 0.3) is 0 Å². The van der Waals surface area contributed by atoms with Crippen LogP contribution in [0.2, 0.25) is 0 Å². The number of halogens is 1. The van der Waals surface area contributed by atoms with Crippen LogP contribution in [0.15, 0.2) is 53.6 Å². The molecule has 0 aliphatic carbocycles. The van der Waals surface area contributed by atoms with Gasteiger partial charge in [-0.2, -0.15) is 9.57 Å². The topological polar surface area (TPSA) is 74.1 Å². The standard InChI is InChI=1S/C15H14FN3O2S/c16-13-5-7-15(8-6-13)22(20,21)19(11-3-9-17)12-14-4-1-2-10-18-14/h1-2,4-8,10H,3,11-12H2. The van der Waals surface area contributed by atoms with Gasteiger partial charge in [-0.3, -0.25) is 4.98 Å². The Labute approximate surface area is 128 Å². The molecule has 1 aromatic carbocycles. The van der Waals surface area contributed by atoms with Crippen molar-refractivity contribution in [1.82, 2.24) is 9.29 Å². The third-order valence-corrected chi connectivity index (χ3v) is 4.85. The van der Waals surface area contributed by atoms with E-state index in [0.717, 1.165) is 12.1 Å². The quantitative estimate of drug-likeness (QED) is 0.819. The summed E-state index contributed by atoms with van der Waals surface area (Å²) in [5.74, 6) is -0.507. The predicted molar refractivity (Wildman–Crippen MR) is 78.5 cm³/mol. The van der Waals surface area contributed by atoms with Crippen LogP contribution in [0.1, 0.15) is 12.1 Å². The lowest BCUT2D eigenvalue weighted by atomic mass is 10.3. The Balaban J connectivity index is 2.31. The summed E-state index contributed by atoms with van der Waals surface area (Å²) in [5, 5.41) is 8.72. The van der Waals surface area contributed by atoms with Crippen molar-refractivity contribution in [2.45, 2.75) is 17.9 Å². The van der Waals surface area contributed by atoms with E-state index < -0.39 is 15.8 Å². The van der Waals surface area contributed by atoms with E-state index in [0.29, 0.717) is 5.69 Å². The largest absolute Gasteiger partial charge is 0.260 e. The summed E-state index contributed by atoms with van der Waals surface area (Å²) in [5.41, 5.74) is 0.575. The number of pyridine rings is 1. The first-order valence-corrected chi connectivity index (χ1v) is 8.00. The fourth-order valence-electron chi connectivity index (χ4n) is 1.89. The van der Waals surface area contributed by atoms with Gasteiger partial charge in [-0.05, 0) is 36.4 Å². The number of hydrogen-bond donors (Lipinski definition) is 0. The van der Waals surface area contributed by atoms with Gasteiger partial charge in [0.05, 0.1) is 23.2 Å². The predicted octanol–water partition coefficient (Wildman–Crippen LogP) is 2.33. The molecule has 0 spiro atoms. The molecule has 0 saturated carbocycles. The number of nitrogens with zero attached hydrogens (tertiary/aromatic N) is 3. The Morgan fingerprint density at radius 2 is 1.91 bits per heavy atom. The van der Waals surface area contributed by atoms with Crippen molar-refractivity contribution in [2.75, 3.05) is 6.54 Å². The molecule has 0 atom stereocenters. The molecule has 0 fully saturated rings.